The molecule has 0 amide bonds. The molecule has 1 aromatic heterocycles. The third-order valence-electron chi connectivity index (χ3n) is 1.73. The maximum atomic E-state index is 10.8. The quantitative estimate of drug-likeness (QED) is 0.674. The van der Waals surface area contributed by atoms with Gasteiger partial charge in [0.15, 0.2) is 5.16 Å². The van der Waals surface area contributed by atoms with Crippen molar-refractivity contribution >= 4 is 29.1 Å². The number of benzene rings is 1. The van der Waals surface area contributed by atoms with Crippen LogP contribution in [0.1, 0.15) is 0 Å². The van der Waals surface area contributed by atoms with Gasteiger partial charge in [-0.25, -0.2) is 4.98 Å². The second kappa shape index (κ2) is 4.50. The van der Waals surface area contributed by atoms with E-state index < -0.39 is 4.92 Å². The molecule has 0 fully saturated rings. The normalized spacial score (nSPS) is 10.3. The van der Waals surface area contributed by atoms with Crippen LogP contribution in [0, 0.1) is 10.1 Å². The van der Waals surface area contributed by atoms with E-state index in [1.807, 2.05) is 0 Å². The number of rotatable bonds is 3. The zero-order chi connectivity index (χ0) is 11.5. The Labute approximate surface area is 99.2 Å². The Kier molecular flexibility index (Phi) is 3.07. The van der Waals surface area contributed by atoms with Crippen LogP contribution in [0.15, 0.2) is 34.6 Å². The van der Waals surface area contributed by atoms with Crippen molar-refractivity contribution in [2.24, 2.45) is 0 Å². The smallest absolute Gasteiger partial charge is 0.258 e. The van der Waals surface area contributed by atoms with Crippen LogP contribution >= 0.6 is 23.4 Å². The number of nitro benzene ring substituents is 1. The van der Waals surface area contributed by atoms with E-state index >= 15 is 0 Å². The van der Waals surface area contributed by atoms with Crippen molar-refractivity contribution in [3.63, 3.8) is 0 Å². The molecule has 1 heterocycles. The number of para-hydroxylation sites is 1. The second-order valence-electron chi connectivity index (χ2n) is 2.74. The molecule has 0 aliphatic carbocycles. The molecule has 0 saturated carbocycles. The molecule has 1 N–H and O–H groups in total. The van der Waals surface area contributed by atoms with Gasteiger partial charge in [0, 0.05) is 0 Å². The van der Waals surface area contributed by atoms with Crippen molar-refractivity contribution < 1.29 is 4.92 Å². The lowest BCUT2D eigenvalue weighted by Gasteiger charge is -2.01. The van der Waals surface area contributed by atoms with Crippen LogP contribution in [0.3, 0.4) is 0 Å². The first-order chi connectivity index (χ1) is 7.68. The first-order valence-electron chi connectivity index (χ1n) is 4.14. The number of hydrogen-bond donors (Lipinski definition) is 1. The predicted octanol–water partition coefficient (Wildman–Crippen LogP) is 2.52. The molecule has 1 aromatic carbocycles. The Balaban J connectivity index is 2.40. The molecule has 0 atom stereocenters. The van der Waals surface area contributed by atoms with Gasteiger partial charge in [0.05, 0.1) is 9.82 Å². The Hall–Kier alpha value is -1.60. The van der Waals surface area contributed by atoms with E-state index in [4.69, 9.17) is 11.6 Å². The largest absolute Gasteiger partial charge is 0.301 e. The summed E-state index contributed by atoms with van der Waals surface area (Å²) in [7, 11) is 0. The van der Waals surface area contributed by atoms with E-state index in [0.29, 0.717) is 10.1 Å². The zero-order valence-corrected chi connectivity index (χ0v) is 9.33. The van der Waals surface area contributed by atoms with Crippen LogP contribution in [-0.4, -0.2) is 20.1 Å². The highest BCUT2D eigenvalue weighted by molar-refractivity contribution is 7.99. The van der Waals surface area contributed by atoms with E-state index in [9.17, 15) is 10.1 Å². The van der Waals surface area contributed by atoms with Gasteiger partial charge in [-0.2, -0.15) is 5.10 Å². The zero-order valence-electron chi connectivity index (χ0n) is 7.75. The molecule has 8 heteroatoms. The van der Waals surface area contributed by atoms with Crippen LogP contribution in [0.25, 0.3) is 0 Å². The fourth-order valence-electron chi connectivity index (χ4n) is 1.10. The van der Waals surface area contributed by atoms with Crippen LogP contribution < -0.4 is 0 Å². The maximum absolute atomic E-state index is 10.8. The van der Waals surface area contributed by atoms with E-state index in [1.54, 1.807) is 12.1 Å². The SMILES string of the molecule is O=[N+]([O-])c1c(Cl)cccc1Sc1ncn[nH]1. The first kappa shape index (κ1) is 10.9. The molecule has 2 aromatic rings. The van der Waals surface area contributed by atoms with Crippen molar-refractivity contribution in [2.45, 2.75) is 10.1 Å². The van der Waals surface area contributed by atoms with Crippen molar-refractivity contribution in [3.05, 3.63) is 39.7 Å². The summed E-state index contributed by atoms with van der Waals surface area (Å²) in [6, 6.07) is 4.73. The number of aromatic nitrogens is 3. The van der Waals surface area contributed by atoms with Crippen molar-refractivity contribution in [3.8, 4) is 0 Å². The molecule has 0 spiro atoms. The minimum atomic E-state index is -0.513. The molecule has 2 rings (SSSR count). The number of aromatic amines is 1. The Bertz CT molecular complexity index is 517. The lowest BCUT2D eigenvalue weighted by atomic mass is 10.3. The minimum Gasteiger partial charge on any atom is -0.258 e. The Morgan fingerprint density at radius 2 is 2.31 bits per heavy atom. The van der Waals surface area contributed by atoms with Gasteiger partial charge in [0.25, 0.3) is 0 Å². The molecular weight excluding hydrogens is 252 g/mol. The number of nitro groups is 1. The minimum absolute atomic E-state index is 0.106. The number of nitrogens with one attached hydrogen (secondary N) is 1. The van der Waals surface area contributed by atoms with Gasteiger partial charge in [0.1, 0.15) is 11.3 Å². The third-order valence-corrected chi connectivity index (χ3v) is 2.98. The number of halogens is 1. The van der Waals surface area contributed by atoms with Crippen LogP contribution in [0.5, 0.6) is 0 Å². The second-order valence-corrected chi connectivity index (χ2v) is 4.17. The molecule has 82 valence electrons. The molecule has 0 bridgehead atoms. The molecule has 0 saturated heterocycles. The molecule has 0 unspecified atom stereocenters. The van der Waals surface area contributed by atoms with E-state index in [0.717, 1.165) is 11.8 Å². The van der Waals surface area contributed by atoms with Gasteiger partial charge in [-0.15, -0.1) is 0 Å². The standard InChI is InChI=1S/C8H5ClN4O2S/c9-5-2-1-3-6(7(5)13(14)15)16-8-10-4-11-12-8/h1-4H,(H,10,11,12). The molecule has 0 aliphatic heterocycles. The van der Waals surface area contributed by atoms with E-state index in [-0.39, 0.29) is 10.7 Å². The van der Waals surface area contributed by atoms with Crippen molar-refractivity contribution in [1.82, 2.24) is 15.2 Å². The van der Waals surface area contributed by atoms with Gasteiger partial charge < -0.3 is 0 Å². The highest BCUT2D eigenvalue weighted by atomic mass is 35.5. The first-order valence-corrected chi connectivity index (χ1v) is 5.34. The summed E-state index contributed by atoms with van der Waals surface area (Å²) in [4.78, 5) is 14.6. The highest BCUT2D eigenvalue weighted by Crippen LogP contribution is 2.37. The number of nitrogens with zero attached hydrogens (tertiary/aromatic N) is 3. The summed E-state index contributed by atoms with van der Waals surface area (Å²) in [5, 5.41) is 17.7. The fraction of sp³-hybridized carbons (Fsp3) is 0. The molecule has 0 aliphatic rings. The maximum Gasteiger partial charge on any atom is 0.301 e. The van der Waals surface area contributed by atoms with Gasteiger partial charge in [-0.05, 0) is 23.9 Å². The summed E-state index contributed by atoms with van der Waals surface area (Å²) in [5.41, 5.74) is -0.120. The lowest BCUT2D eigenvalue weighted by Crippen LogP contribution is -1.92. The highest BCUT2D eigenvalue weighted by Gasteiger charge is 2.19. The average Bonchev–Trinajstić information content (AvgIpc) is 2.70. The summed E-state index contributed by atoms with van der Waals surface area (Å²) >= 11 is 6.87. The van der Waals surface area contributed by atoms with E-state index in [2.05, 4.69) is 15.2 Å². The monoisotopic (exact) mass is 256 g/mol. The summed E-state index contributed by atoms with van der Waals surface area (Å²) in [6.45, 7) is 0. The van der Waals surface area contributed by atoms with Crippen molar-refractivity contribution in [1.29, 1.82) is 0 Å². The van der Waals surface area contributed by atoms with Crippen LogP contribution in [0.4, 0.5) is 5.69 Å². The Morgan fingerprint density at radius 1 is 1.50 bits per heavy atom. The molecular formula is C8H5ClN4O2S. The topological polar surface area (TPSA) is 84.7 Å². The predicted molar refractivity (Wildman–Crippen MR) is 58.6 cm³/mol. The van der Waals surface area contributed by atoms with E-state index in [1.165, 1.54) is 12.4 Å². The average molecular weight is 257 g/mol. The van der Waals surface area contributed by atoms with Gasteiger partial charge in [0.2, 0.25) is 0 Å². The fourth-order valence-corrected chi connectivity index (χ4v) is 2.24. The van der Waals surface area contributed by atoms with Crippen LogP contribution in [0.2, 0.25) is 5.02 Å². The summed E-state index contributed by atoms with van der Waals surface area (Å²) in [5.74, 6) is 0. The molecule has 16 heavy (non-hydrogen) atoms. The summed E-state index contributed by atoms with van der Waals surface area (Å²) in [6.07, 6.45) is 1.33. The van der Waals surface area contributed by atoms with Gasteiger partial charge >= 0.3 is 5.69 Å². The lowest BCUT2D eigenvalue weighted by molar-refractivity contribution is -0.387. The van der Waals surface area contributed by atoms with Crippen molar-refractivity contribution in [2.75, 3.05) is 0 Å². The molecule has 6 nitrogen and oxygen atoms in total. The number of H-pyrrole nitrogens is 1. The van der Waals surface area contributed by atoms with Gasteiger partial charge in [-0.1, -0.05) is 17.7 Å². The summed E-state index contributed by atoms with van der Waals surface area (Å²) < 4.78 is 0. The Morgan fingerprint density at radius 3 is 2.94 bits per heavy atom. The third kappa shape index (κ3) is 2.15. The van der Waals surface area contributed by atoms with Gasteiger partial charge in [-0.3, -0.25) is 15.2 Å². The number of hydrogen-bond acceptors (Lipinski definition) is 5. The van der Waals surface area contributed by atoms with Crippen LogP contribution in [-0.2, 0) is 0 Å². The molecule has 0 radical (unpaired) electrons.